The van der Waals surface area contributed by atoms with Gasteiger partial charge in [0, 0.05) is 11.5 Å². The van der Waals surface area contributed by atoms with E-state index in [1.807, 2.05) is 6.92 Å². The Bertz CT molecular complexity index is 346. The molecule has 1 heterocycles. The van der Waals surface area contributed by atoms with Gasteiger partial charge >= 0.3 is 0 Å². The summed E-state index contributed by atoms with van der Waals surface area (Å²) in [6.45, 7) is 3.15. The largest absolute Gasteiger partial charge is 0.348 e. The molecule has 0 aromatic heterocycles. The third-order valence-electron chi connectivity index (χ3n) is 2.28. The monoisotopic (exact) mass is 214 g/mol. The fourth-order valence-electron chi connectivity index (χ4n) is 1.45. The molecule has 1 aromatic rings. The Labute approximate surface area is 86.8 Å². The predicted molar refractivity (Wildman–Crippen MR) is 50.2 cm³/mol. The zero-order chi connectivity index (χ0) is 10.8. The molecule has 0 unspecified atom stereocenters. The van der Waals surface area contributed by atoms with Crippen molar-refractivity contribution in [3.63, 3.8) is 0 Å². The smallest absolute Gasteiger partial charge is 0.183 e. The summed E-state index contributed by atoms with van der Waals surface area (Å²) < 4.78 is 36.3. The lowest BCUT2D eigenvalue weighted by molar-refractivity contribution is -0.202. The van der Waals surface area contributed by atoms with E-state index in [1.54, 1.807) is 0 Å². The topological polar surface area (TPSA) is 18.5 Å². The second-order valence-corrected chi connectivity index (χ2v) is 3.78. The third kappa shape index (κ3) is 2.33. The summed E-state index contributed by atoms with van der Waals surface area (Å²) in [7, 11) is 0. The SMILES string of the molecule is CC1COC(c2ccc(F)c(F)c2)OC1. The van der Waals surface area contributed by atoms with Crippen molar-refractivity contribution >= 4 is 0 Å². The average molecular weight is 214 g/mol. The van der Waals surface area contributed by atoms with Crippen LogP contribution in [0.15, 0.2) is 18.2 Å². The second-order valence-electron chi connectivity index (χ2n) is 3.78. The lowest BCUT2D eigenvalue weighted by Gasteiger charge is -2.27. The summed E-state index contributed by atoms with van der Waals surface area (Å²) in [6.07, 6.45) is -0.573. The lowest BCUT2D eigenvalue weighted by Crippen LogP contribution is -2.25. The first-order chi connectivity index (χ1) is 7.16. The van der Waals surface area contributed by atoms with E-state index in [9.17, 15) is 8.78 Å². The molecular formula is C11H12F2O2. The Hall–Kier alpha value is -1.00. The van der Waals surface area contributed by atoms with Crippen LogP contribution in [-0.2, 0) is 9.47 Å². The van der Waals surface area contributed by atoms with Gasteiger partial charge in [0.1, 0.15) is 0 Å². The number of hydrogen-bond acceptors (Lipinski definition) is 2. The van der Waals surface area contributed by atoms with Crippen LogP contribution >= 0.6 is 0 Å². The van der Waals surface area contributed by atoms with Crippen molar-refractivity contribution in [2.45, 2.75) is 13.2 Å². The zero-order valence-corrected chi connectivity index (χ0v) is 8.37. The summed E-state index contributed by atoms with van der Waals surface area (Å²) in [5.74, 6) is -1.40. The fourth-order valence-corrected chi connectivity index (χ4v) is 1.45. The molecule has 2 nitrogen and oxygen atoms in total. The van der Waals surface area contributed by atoms with E-state index in [-0.39, 0.29) is 0 Å². The van der Waals surface area contributed by atoms with Gasteiger partial charge in [0.15, 0.2) is 17.9 Å². The molecule has 4 heteroatoms. The highest BCUT2D eigenvalue weighted by Gasteiger charge is 2.21. The molecule has 1 aliphatic rings. The number of halogens is 2. The molecule has 1 fully saturated rings. The van der Waals surface area contributed by atoms with E-state index in [0.29, 0.717) is 24.7 Å². The molecular weight excluding hydrogens is 202 g/mol. The first kappa shape index (κ1) is 10.5. The Morgan fingerprint density at radius 2 is 1.80 bits per heavy atom. The molecule has 1 aromatic carbocycles. The zero-order valence-electron chi connectivity index (χ0n) is 8.37. The van der Waals surface area contributed by atoms with Crippen LogP contribution in [-0.4, -0.2) is 13.2 Å². The van der Waals surface area contributed by atoms with Gasteiger partial charge in [-0.1, -0.05) is 13.0 Å². The highest BCUT2D eigenvalue weighted by Crippen LogP contribution is 2.25. The van der Waals surface area contributed by atoms with Crippen molar-refractivity contribution in [2.24, 2.45) is 5.92 Å². The van der Waals surface area contributed by atoms with Crippen LogP contribution in [0, 0.1) is 17.6 Å². The van der Waals surface area contributed by atoms with Crippen molar-refractivity contribution in [3.8, 4) is 0 Å². The first-order valence-electron chi connectivity index (χ1n) is 4.85. The van der Waals surface area contributed by atoms with Crippen LogP contribution in [0.5, 0.6) is 0 Å². The molecule has 0 radical (unpaired) electrons. The van der Waals surface area contributed by atoms with Gasteiger partial charge in [0.25, 0.3) is 0 Å². The summed E-state index contributed by atoms with van der Waals surface area (Å²) >= 11 is 0. The number of hydrogen-bond donors (Lipinski definition) is 0. The molecule has 1 aliphatic heterocycles. The number of benzene rings is 1. The number of ether oxygens (including phenoxy) is 2. The van der Waals surface area contributed by atoms with Crippen LogP contribution in [0.3, 0.4) is 0 Å². The number of rotatable bonds is 1. The molecule has 0 aliphatic carbocycles. The van der Waals surface area contributed by atoms with E-state index in [1.165, 1.54) is 6.07 Å². The van der Waals surface area contributed by atoms with Gasteiger partial charge in [0.05, 0.1) is 13.2 Å². The summed E-state index contributed by atoms with van der Waals surface area (Å²) in [6, 6.07) is 3.66. The summed E-state index contributed by atoms with van der Waals surface area (Å²) in [4.78, 5) is 0. The Balaban J connectivity index is 2.12. The van der Waals surface area contributed by atoms with Crippen LogP contribution in [0.25, 0.3) is 0 Å². The van der Waals surface area contributed by atoms with Gasteiger partial charge in [-0.3, -0.25) is 0 Å². The van der Waals surface area contributed by atoms with Gasteiger partial charge in [0.2, 0.25) is 0 Å². The first-order valence-corrected chi connectivity index (χ1v) is 4.85. The summed E-state index contributed by atoms with van der Waals surface area (Å²) in [5, 5.41) is 0. The minimum absolute atomic E-state index is 0.339. The molecule has 0 saturated carbocycles. The Morgan fingerprint density at radius 3 is 2.40 bits per heavy atom. The maximum Gasteiger partial charge on any atom is 0.183 e. The van der Waals surface area contributed by atoms with Crippen LogP contribution in [0.2, 0.25) is 0 Å². The molecule has 0 amide bonds. The van der Waals surface area contributed by atoms with Gasteiger partial charge in [-0.15, -0.1) is 0 Å². The van der Waals surface area contributed by atoms with Crippen molar-refractivity contribution in [1.82, 2.24) is 0 Å². The van der Waals surface area contributed by atoms with Crippen LogP contribution in [0.1, 0.15) is 18.8 Å². The van der Waals surface area contributed by atoms with Gasteiger partial charge < -0.3 is 9.47 Å². The normalized spacial score (nSPS) is 26.6. The molecule has 82 valence electrons. The molecule has 1 saturated heterocycles. The molecule has 0 atom stereocenters. The summed E-state index contributed by atoms with van der Waals surface area (Å²) in [5.41, 5.74) is 0.515. The minimum atomic E-state index is -0.877. The van der Waals surface area contributed by atoms with Crippen LogP contribution < -0.4 is 0 Å². The second kappa shape index (κ2) is 4.24. The highest BCUT2D eigenvalue weighted by molar-refractivity contribution is 5.19. The van der Waals surface area contributed by atoms with E-state index in [2.05, 4.69) is 0 Å². The molecule has 2 rings (SSSR count). The predicted octanol–water partition coefficient (Wildman–Crippen LogP) is 2.65. The quantitative estimate of drug-likeness (QED) is 0.715. The maximum atomic E-state index is 12.9. The molecule has 0 bridgehead atoms. The van der Waals surface area contributed by atoms with E-state index >= 15 is 0 Å². The fraction of sp³-hybridized carbons (Fsp3) is 0.455. The van der Waals surface area contributed by atoms with Crippen molar-refractivity contribution < 1.29 is 18.3 Å². The molecule has 0 N–H and O–H groups in total. The van der Waals surface area contributed by atoms with Gasteiger partial charge in [-0.05, 0) is 12.1 Å². The minimum Gasteiger partial charge on any atom is -0.348 e. The van der Waals surface area contributed by atoms with Crippen molar-refractivity contribution in [3.05, 3.63) is 35.4 Å². The van der Waals surface area contributed by atoms with Crippen LogP contribution in [0.4, 0.5) is 8.78 Å². The highest BCUT2D eigenvalue weighted by atomic mass is 19.2. The van der Waals surface area contributed by atoms with E-state index in [4.69, 9.17) is 9.47 Å². The van der Waals surface area contributed by atoms with Crippen molar-refractivity contribution in [2.75, 3.05) is 13.2 Å². The maximum absolute atomic E-state index is 12.9. The van der Waals surface area contributed by atoms with Gasteiger partial charge in [-0.2, -0.15) is 0 Å². The Morgan fingerprint density at radius 1 is 1.13 bits per heavy atom. The standard InChI is InChI=1S/C11H12F2O2/c1-7-5-14-11(15-6-7)8-2-3-9(12)10(13)4-8/h2-4,7,11H,5-6H2,1H3. The van der Waals surface area contributed by atoms with Crippen molar-refractivity contribution in [1.29, 1.82) is 0 Å². The Kier molecular flexibility index (Phi) is 2.98. The molecule has 15 heavy (non-hydrogen) atoms. The van der Waals surface area contributed by atoms with E-state index in [0.717, 1.165) is 12.1 Å². The van der Waals surface area contributed by atoms with E-state index < -0.39 is 17.9 Å². The lowest BCUT2D eigenvalue weighted by atomic mass is 10.1. The average Bonchev–Trinajstić information content (AvgIpc) is 2.23. The van der Waals surface area contributed by atoms with Gasteiger partial charge in [-0.25, -0.2) is 8.78 Å². The molecule has 0 spiro atoms. The third-order valence-corrected chi connectivity index (χ3v) is 2.28.